The van der Waals surface area contributed by atoms with E-state index in [9.17, 15) is 4.79 Å². The first kappa shape index (κ1) is 17.5. The molecule has 0 bridgehead atoms. The van der Waals surface area contributed by atoms with Gasteiger partial charge in [0.15, 0.2) is 11.5 Å². The summed E-state index contributed by atoms with van der Waals surface area (Å²) in [6.07, 6.45) is 0. The summed E-state index contributed by atoms with van der Waals surface area (Å²) < 4.78 is 1.35. The van der Waals surface area contributed by atoms with Crippen LogP contribution in [0.3, 0.4) is 0 Å². The van der Waals surface area contributed by atoms with E-state index >= 15 is 0 Å². The van der Waals surface area contributed by atoms with Gasteiger partial charge in [-0.05, 0) is 35.4 Å². The average molecular weight is 397 g/mol. The average Bonchev–Trinajstić information content (AvgIpc) is 2.90. The zero-order chi connectivity index (χ0) is 18.1. The number of primary amides is 1. The first-order valence-electron chi connectivity index (χ1n) is 7.09. The molecule has 1 amide bonds. The largest absolute Gasteiger partial charge is 0.382 e. The van der Waals surface area contributed by atoms with Crippen LogP contribution in [0.15, 0.2) is 36.4 Å². The zero-order valence-corrected chi connectivity index (χ0v) is 15.0. The molecule has 3 aromatic rings. The van der Waals surface area contributed by atoms with E-state index in [1.807, 2.05) is 12.1 Å². The van der Waals surface area contributed by atoms with Crippen molar-refractivity contribution in [2.75, 3.05) is 5.73 Å². The summed E-state index contributed by atoms with van der Waals surface area (Å²) in [5.74, 6) is -0.653. The van der Waals surface area contributed by atoms with Crippen LogP contribution in [0.1, 0.15) is 16.1 Å². The highest BCUT2D eigenvalue weighted by Gasteiger charge is 2.16. The van der Waals surface area contributed by atoms with Crippen LogP contribution in [-0.2, 0) is 6.54 Å². The normalized spacial score (nSPS) is 10.8. The number of nitrogens with zero attached hydrogens (tertiary/aromatic N) is 3. The van der Waals surface area contributed by atoms with Gasteiger partial charge in [-0.3, -0.25) is 4.79 Å². The lowest BCUT2D eigenvalue weighted by atomic mass is 10.0. The number of carbonyl (C=O) groups excluding carboxylic acids is 1. The van der Waals surface area contributed by atoms with Crippen LogP contribution in [-0.4, -0.2) is 20.9 Å². The van der Waals surface area contributed by atoms with Crippen molar-refractivity contribution in [3.8, 4) is 11.1 Å². The van der Waals surface area contributed by atoms with Gasteiger partial charge in [0.1, 0.15) is 0 Å². The Labute approximate surface area is 158 Å². The second-order valence-electron chi connectivity index (χ2n) is 5.29. The van der Waals surface area contributed by atoms with Crippen LogP contribution in [0.2, 0.25) is 15.1 Å². The van der Waals surface area contributed by atoms with Crippen molar-refractivity contribution in [1.82, 2.24) is 15.0 Å². The van der Waals surface area contributed by atoms with E-state index in [-0.39, 0.29) is 18.1 Å². The van der Waals surface area contributed by atoms with Crippen LogP contribution in [0.25, 0.3) is 11.1 Å². The Kier molecular flexibility index (Phi) is 4.85. The number of rotatable bonds is 4. The molecule has 0 aliphatic heterocycles. The minimum absolute atomic E-state index is 0.0741. The van der Waals surface area contributed by atoms with Crippen LogP contribution in [0, 0.1) is 0 Å². The van der Waals surface area contributed by atoms with Gasteiger partial charge in [0, 0.05) is 10.6 Å². The number of nitrogens with two attached hydrogens (primary N) is 2. The maximum Gasteiger partial charge on any atom is 0.273 e. The maximum atomic E-state index is 11.2. The highest BCUT2D eigenvalue weighted by atomic mass is 35.5. The minimum Gasteiger partial charge on any atom is -0.382 e. The fraction of sp³-hybridized carbons (Fsp3) is 0.0625. The molecule has 1 aromatic heterocycles. The monoisotopic (exact) mass is 395 g/mol. The van der Waals surface area contributed by atoms with E-state index in [0.29, 0.717) is 20.6 Å². The van der Waals surface area contributed by atoms with Crippen molar-refractivity contribution in [1.29, 1.82) is 0 Å². The van der Waals surface area contributed by atoms with Crippen LogP contribution >= 0.6 is 34.8 Å². The molecule has 0 saturated heterocycles. The molecule has 1 heterocycles. The van der Waals surface area contributed by atoms with Crippen molar-refractivity contribution >= 4 is 46.5 Å². The zero-order valence-electron chi connectivity index (χ0n) is 12.7. The van der Waals surface area contributed by atoms with Gasteiger partial charge in [-0.25, -0.2) is 4.68 Å². The van der Waals surface area contributed by atoms with E-state index in [2.05, 4.69) is 10.3 Å². The summed E-state index contributed by atoms with van der Waals surface area (Å²) in [5.41, 5.74) is 13.2. The second-order valence-corrected chi connectivity index (χ2v) is 6.54. The number of nitrogen functional groups attached to an aromatic ring is 1. The van der Waals surface area contributed by atoms with E-state index in [1.54, 1.807) is 24.3 Å². The predicted molar refractivity (Wildman–Crippen MR) is 99.0 cm³/mol. The molecule has 4 N–H and O–H groups in total. The Hall–Kier alpha value is -2.28. The number of halogens is 3. The van der Waals surface area contributed by atoms with Gasteiger partial charge in [0.2, 0.25) is 0 Å². The molecule has 2 aromatic carbocycles. The summed E-state index contributed by atoms with van der Waals surface area (Å²) in [7, 11) is 0. The van der Waals surface area contributed by atoms with Crippen molar-refractivity contribution in [3.63, 3.8) is 0 Å². The second kappa shape index (κ2) is 6.92. The van der Waals surface area contributed by atoms with Crippen LogP contribution in [0.4, 0.5) is 5.82 Å². The Balaban J connectivity index is 1.95. The SMILES string of the molecule is NC(=O)c1nnn(Cc2cc(Cl)c(-c3ccc(Cl)cc3)c(Cl)c2)c1N. The number of benzene rings is 2. The van der Waals surface area contributed by atoms with Crippen LogP contribution in [0.5, 0.6) is 0 Å². The standard InChI is InChI=1S/C16H12Cl3N5O/c17-10-3-1-9(2-4-10)13-11(18)5-8(6-12(13)19)7-24-15(20)14(16(21)25)22-23-24/h1-6H,7,20H2,(H2,21,25). The number of hydrogen-bond donors (Lipinski definition) is 2. The third-order valence-corrected chi connectivity index (χ3v) is 4.42. The number of carbonyl (C=O) groups is 1. The van der Waals surface area contributed by atoms with E-state index in [4.69, 9.17) is 46.3 Å². The van der Waals surface area contributed by atoms with Gasteiger partial charge in [-0.2, -0.15) is 0 Å². The molecular formula is C16H12Cl3N5O. The topological polar surface area (TPSA) is 99.8 Å². The Morgan fingerprint density at radius 3 is 2.20 bits per heavy atom. The van der Waals surface area contributed by atoms with Crippen molar-refractivity contribution in [2.45, 2.75) is 6.54 Å². The Morgan fingerprint density at radius 2 is 1.68 bits per heavy atom. The predicted octanol–water partition coefficient (Wildman–Crippen LogP) is 3.63. The first-order valence-corrected chi connectivity index (χ1v) is 8.23. The van der Waals surface area contributed by atoms with Crippen molar-refractivity contribution < 1.29 is 4.79 Å². The number of anilines is 1. The third-order valence-electron chi connectivity index (χ3n) is 3.57. The van der Waals surface area contributed by atoms with E-state index in [1.165, 1.54) is 4.68 Å². The van der Waals surface area contributed by atoms with Crippen molar-refractivity contribution in [2.24, 2.45) is 5.73 Å². The lowest BCUT2D eigenvalue weighted by Crippen LogP contribution is -2.15. The Bertz CT molecular complexity index is 930. The lowest BCUT2D eigenvalue weighted by Gasteiger charge is -2.11. The quantitative estimate of drug-likeness (QED) is 0.703. The molecule has 0 aliphatic rings. The van der Waals surface area contributed by atoms with Crippen LogP contribution < -0.4 is 11.5 Å². The fourth-order valence-electron chi connectivity index (χ4n) is 2.39. The van der Waals surface area contributed by atoms with Gasteiger partial charge in [-0.1, -0.05) is 52.1 Å². The molecule has 0 radical (unpaired) electrons. The van der Waals surface area contributed by atoms with Gasteiger partial charge in [0.05, 0.1) is 16.6 Å². The summed E-state index contributed by atoms with van der Waals surface area (Å²) in [5, 5.41) is 9.05. The molecule has 0 spiro atoms. The molecule has 0 saturated carbocycles. The molecule has 0 aliphatic carbocycles. The minimum atomic E-state index is -0.738. The first-order chi connectivity index (χ1) is 11.9. The molecular weight excluding hydrogens is 385 g/mol. The van der Waals surface area contributed by atoms with Gasteiger partial charge in [0.25, 0.3) is 5.91 Å². The molecule has 0 unspecified atom stereocenters. The fourth-order valence-corrected chi connectivity index (χ4v) is 3.27. The molecule has 128 valence electrons. The molecule has 0 fully saturated rings. The maximum absolute atomic E-state index is 11.2. The summed E-state index contributed by atoms with van der Waals surface area (Å²) in [6.45, 7) is 0.243. The van der Waals surface area contributed by atoms with Crippen molar-refractivity contribution in [3.05, 3.63) is 62.7 Å². The molecule has 25 heavy (non-hydrogen) atoms. The highest BCUT2D eigenvalue weighted by Crippen LogP contribution is 2.36. The Morgan fingerprint density at radius 1 is 1.08 bits per heavy atom. The van der Waals surface area contributed by atoms with Gasteiger partial charge < -0.3 is 11.5 Å². The number of aromatic nitrogens is 3. The summed E-state index contributed by atoms with van der Waals surface area (Å²) >= 11 is 18.7. The molecule has 6 nitrogen and oxygen atoms in total. The lowest BCUT2D eigenvalue weighted by molar-refractivity contribution is 0.0996. The molecule has 9 heteroatoms. The third kappa shape index (κ3) is 3.56. The number of hydrogen-bond acceptors (Lipinski definition) is 4. The van der Waals surface area contributed by atoms with E-state index < -0.39 is 5.91 Å². The highest BCUT2D eigenvalue weighted by molar-refractivity contribution is 6.39. The summed E-state index contributed by atoms with van der Waals surface area (Å²) in [6, 6.07) is 10.7. The smallest absolute Gasteiger partial charge is 0.273 e. The van der Waals surface area contributed by atoms with Gasteiger partial charge >= 0.3 is 0 Å². The molecule has 0 atom stereocenters. The molecule has 3 rings (SSSR count). The number of amides is 1. The van der Waals surface area contributed by atoms with Gasteiger partial charge in [-0.15, -0.1) is 5.10 Å². The summed E-state index contributed by atoms with van der Waals surface area (Å²) in [4.78, 5) is 11.2. The van der Waals surface area contributed by atoms with E-state index in [0.717, 1.165) is 11.1 Å².